The molecule has 3 heterocycles. The molecule has 0 saturated heterocycles. The van der Waals surface area contributed by atoms with E-state index in [9.17, 15) is 10.1 Å². The maximum absolute atomic E-state index is 12.4. The van der Waals surface area contributed by atoms with Gasteiger partial charge in [0.05, 0.1) is 17.1 Å². The number of allylic oxidation sites excluding steroid dienone is 1. The Morgan fingerprint density at radius 2 is 2.17 bits per heavy atom. The third-order valence-corrected chi connectivity index (χ3v) is 4.92. The molecule has 1 aromatic carbocycles. The van der Waals surface area contributed by atoms with Crippen molar-refractivity contribution in [3.8, 4) is 11.8 Å². The molecule has 6 heteroatoms. The van der Waals surface area contributed by atoms with Crippen molar-refractivity contribution in [2.75, 3.05) is 0 Å². The summed E-state index contributed by atoms with van der Waals surface area (Å²) < 4.78 is 7.39. The first-order valence-electron chi connectivity index (χ1n) is 7.37. The molecule has 1 aliphatic heterocycles. The van der Waals surface area contributed by atoms with Gasteiger partial charge in [-0.2, -0.15) is 16.6 Å². The summed E-state index contributed by atoms with van der Waals surface area (Å²) in [6.45, 7) is 1.51. The number of nitriles is 1. The molecule has 118 valence electrons. The van der Waals surface area contributed by atoms with E-state index in [1.807, 2.05) is 41.1 Å². The molecule has 0 spiro atoms. The van der Waals surface area contributed by atoms with E-state index in [1.54, 1.807) is 4.57 Å². The van der Waals surface area contributed by atoms with E-state index in [-0.39, 0.29) is 11.8 Å². The lowest BCUT2D eigenvalue weighted by atomic mass is 9.88. The highest BCUT2D eigenvalue weighted by Gasteiger charge is 2.36. The molecule has 0 bridgehead atoms. The molecule has 0 radical (unpaired) electrons. The number of rotatable bonds is 1. The first-order valence-corrected chi connectivity index (χ1v) is 8.31. The minimum atomic E-state index is -0.415. The number of para-hydroxylation sites is 1. The van der Waals surface area contributed by atoms with Crippen molar-refractivity contribution in [1.82, 2.24) is 4.57 Å². The molecular weight excluding hydrogens is 322 g/mol. The van der Waals surface area contributed by atoms with Gasteiger partial charge in [0.15, 0.2) is 5.75 Å². The molecule has 0 aliphatic carbocycles. The Bertz CT molecular complexity index is 1040. The zero-order valence-corrected chi connectivity index (χ0v) is 13.6. The molecule has 0 unspecified atom stereocenters. The van der Waals surface area contributed by atoms with Gasteiger partial charge < -0.3 is 10.5 Å². The monoisotopic (exact) mass is 335 g/mol. The first-order chi connectivity index (χ1) is 11.6. The Morgan fingerprint density at radius 1 is 1.38 bits per heavy atom. The second kappa shape index (κ2) is 5.25. The van der Waals surface area contributed by atoms with Gasteiger partial charge in [-0.05, 0) is 34.5 Å². The van der Waals surface area contributed by atoms with Gasteiger partial charge in [-0.1, -0.05) is 12.1 Å². The highest BCUT2D eigenvalue weighted by atomic mass is 32.1. The van der Waals surface area contributed by atoms with Crippen molar-refractivity contribution < 1.29 is 9.53 Å². The van der Waals surface area contributed by atoms with E-state index in [0.29, 0.717) is 17.0 Å². The average molecular weight is 335 g/mol. The average Bonchev–Trinajstić information content (AvgIpc) is 3.19. The van der Waals surface area contributed by atoms with E-state index in [2.05, 4.69) is 6.07 Å². The molecule has 1 aliphatic rings. The molecular formula is C18H13N3O2S. The molecule has 1 atom stereocenters. The Kier molecular flexibility index (Phi) is 3.18. The Morgan fingerprint density at radius 3 is 2.83 bits per heavy atom. The molecule has 3 aromatic rings. The number of nitrogens with zero attached hydrogens (tertiary/aromatic N) is 2. The smallest absolute Gasteiger partial charge is 0.228 e. The lowest BCUT2D eigenvalue weighted by molar-refractivity contribution is 0.0937. The van der Waals surface area contributed by atoms with Crippen LogP contribution in [0.15, 0.2) is 52.5 Å². The quantitative estimate of drug-likeness (QED) is 0.737. The van der Waals surface area contributed by atoms with Gasteiger partial charge in [0.1, 0.15) is 11.6 Å². The van der Waals surface area contributed by atoms with Crippen molar-refractivity contribution >= 4 is 28.1 Å². The predicted octanol–water partition coefficient (Wildman–Crippen LogP) is 3.58. The summed E-state index contributed by atoms with van der Waals surface area (Å²) in [6.07, 6.45) is 0. The van der Waals surface area contributed by atoms with Gasteiger partial charge in [-0.3, -0.25) is 9.36 Å². The predicted molar refractivity (Wildman–Crippen MR) is 91.9 cm³/mol. The fraction of sp³-hybridized carbons (Fsp3) is 0.111. The Labute approximate surface area is 142 Å². The fourth-order valence-corrected chi connectivity index (χ4v) is 3.95. The second-order valence-electron chi connectivity index (χ2n) is 5.57. The maximum atomic E-state index is 12.4. The number of benzene rings is 1. The van der Waals surface area contributed by atoms with E-state index < -0.39 is 5.92 Å². The van der Waals surface area contributed by atoms with Crippen molar-refractivity contribution in [3.05, 3.63) is 63.8 Å². The van der Waals surface area contributed by atoms with Gasteiger partial charge in [0, 0.05) is 12.3 Å². The number of carbonyl (C=O) groups is 1. The van der Waals surface area contributed by atoms with E-state index in [0.717, 1.165) is 16.5 Å². The Hall–Kier alpha value is -3.04. The Balaban J connectivity index is 2.14. The van der Waals surface area contributed by atoms with Crippen molar-refractivity contribution in [2.24, 2.45) is 5.73 Å². The van der Waals surface area contributed by atoms with E-state index in [1.165, 1.54) is 18.3 Å². The first kappa shape index (κ1) is 14.5. The van der Waals surface area contributed by atoms with Crippen LogP contribution in [0.1, 0.15) is 28.9 Å². The molecule has 0 fully saturated rings. The zero-order chi connectivity index (χ0) is 16.8. The van der Waals surface area contributed by atoms with Gasteiger partial charge in [-0.25, -0.2) is 0 Å². The molecule has 24 heavy (non-hydrogen) atoms. The van der Waals surface area contributed by atoms with Crippen molar-refractivity contribution in [2.45, 2.75) is 12.8 Å². The molecule has 4 rings (SSSR count). The number of fused-ring (bicyclic) bond motifs is 3. The topological polar surface area (TPSA) is 81.0 Å². The summed E-state index contributed by atoms with van der Waals surface area (Å²) in [7, 11) is 0. The number of aromatic nitrogens is 1. The van der Waals surface area contributed by atoms with Crippen molar-refractivity contribution in [3.63, 3.8) is 0 Å². The van der Waals surface area contributed by atoms with Crippen LogP contribution in [0.5, 0.6) is 5.75 Å². The van der Waals surface area contributed by atoms with Crippen molar-refractivity contribution in [1.29, 1.82) is 5.26 Å². The van der Waals surface area contributed by atoms with Gasteiger partial charge in [-0.15, -0.1) is 0 Å². The number of thiophene rings is 1. The second-order valence-corrected chi connectivity index (χ2v) is 6.35. The van der Waals surface area contributed by atoms with Crippen LogP contribution in [0.2, 0.25) is 0 Å². The van der Waals surface area contributed by atoms with Crippen LogP contribution in [0, 0.1) is 11.3 Å². The molecule has 5 nitrogen and oxygen atoms in total. The van der Waals surface area contributed by atoms with Crippen LogP contribution >= 0.6 is 11.3 Å². The molecule has 2 N–H and O–H groups in total. The summed E-state index contributed by atoms with van der Waals surface area (Å²) >= 11 is 1.53. The number of ether oxygens (including phenoxy) is 1. The van der Waals surface area contributed by atoms with Crippen LogP contribution < -0.4 is 10.5 Å². The van der Waals surface area contributed by atoms with Gasteiger partial charge in [0.25, 0.3) is 0 Å². The number of nitrogens with two attached hydrogens (primary N) is 1. The minimum Gasteiger partial charge on any atom is -0.438 e. The van der Waals surface area contributed by atoms with Crippen LogP contribution in [-0.4, -0.2) is 10.5 Å². The number of hydrogen-bond acceptors (Lipinski definition) is 5. The van der Waals surface area contributed by atoms with Crippen LogP contribution in [0.25, 0.3) is 10.9 Å². The lowest BCUT2D eigenvalue weighted by Gasteiger charge is -2.24. The SMILES string of the molecule is CC(=O)n1c2c(c3ccccc31)OC(N)=C(C#N)[C@@H]2c1ccsc1. The highest BCUT2D eigenvalue weighted by molar-refractivity contribution is 7.08. The molecule has 0 saturated carbocycles. The molecule has 2 aromatic heterocycles. The summed E-state index contributed by atoms with van der Waals surface area (Å²) in [4.78, 5) is 12.4. The van der Waals surface area contributed by atoms with E-state index in [4.69, 9.17) is 10.5 Å². The molecule has 0 amide bonds. The van der Waals surface area contributed by atoms with Crippen LogP contribution in [0.4, 0.5) is 0 Å². The third kappa shape index (κ3) is 1.88. The van der Waals surface area contributed by atoms with Crippen LogP contribution in [0.3, 0.4) is 0 Å². The lowest BCUT2D eigenvalue weighted by Crippen LogP contribution is -2.23. The third-order valence-electron chi connectivity index (χ3n) is 4.21. The normalized spacial score (nSPS) is 16.6. The standard InChI is InChI=1S/C18H13N3O2S/c1-10(22)21-14-5-3-2-4-12(14)17-16(21)15(11-6-7-24-9-11)13(8-19)18(20)23-17/h2-7,9,15H,20H2,1H3/t15-/m0/s1. The summed E-state index contributed by atoms with van der Waals surface area (Å²) in [5, 5.41) is 14.3. The zero-order valence-electron chi connectivity index (χ0n) is 12.8. The summed E-state index contributed by atoms with van der Waals surface area (Å²) in [5.74, 6) is 0.0940. The van der Waals surface area contributed by atoms with Crippen LogP contribution in [-0.2, 0) is 0 Å². The minimum absolute atomic E-state index is 0.0904. The van der Waals surface area contributed by atoms with Gasteiger partial charge >= 0.3 is 0 Å². The summed E-state index contributed by atoms with van der Waals surface area (Å²) in [6, 6.07) is 11.6. The largest absolute Gasteiger partial charge is 0.438 e. The highest BCUT2D eigenvalue weighted by Crippen LogP contribution is 2.47. The number of hydrogen-bond donors (Lipinski definition) is 1. The number of carbonyl (C=O) groups excluding carboxylic acids is 1. The van der Waals surface area contributed by atoms with E-state index >= 15 is 0 Å². The summed E-state index contributed by atoms with van der Waals surface area (Å²) in [5.41, 5.74) is 8.68. The fourth-order valence-electron chi connectivity index (χ4n) is 3.26. The maximum Gasteiger partial charge on any atom is 0.228 e. The van der Waals surface area contributed by atoms with Gasteiger partial charge in [0.2, 0.25) is 11.8 Å².